The first kappa shape index (κ1) is 17.9. The third-order valence-electron chi connectivity index (χ3n) is 3.66. The van der Waals surface area contributed by atoms with Crippen LogP contribution in [0.3, 0.4) is 0 Å². The zero-order chi connectivity index (χ0) is 15.7. The summed E-state index contributed by atoms with van der Waals surface area (Å²) in [5, 5.41) is 12.5. The molecule has 21 heavy (non-hydrogen) atoms. The minimum absolute atomic E-state index is 0.0410. The van der Waals surface area contributed by atoms with E-state index in [0.29, 0.717) is 12.2 Å². The molecule has 4 heteroatoms. The zero-order valence-corrected chi connectivity index (χ0v) is 13.5. The number of rotatable bonds is 10. The molecule has 0 radical (unpaired) electrons. The molecule has 1 aromatic carbocycles. The minimum atomic E-state index is -0.206. The summed E-state index contributed by atoms with van der Waals surface area (Å²) >= 11 is 0. The average Bonchev–Trinajstić information content (AvgIpc) is 2.49. The number of hydrogen-bond donors (Lipinski definition) is 2. The van der Waals surface area contributed by atoms with Crippen LogP contribution in [-0.4, -0.2) is 31.3 Å². The lowest BCUT2D eigenvalue weighted by atomic mass is 10.1. The van der Waals surface area contributed by atoms with Crippen LogP contribution in [0.4, 0.5) is 10.1 Å². The quantitative estimate of drug-likeness (QED) is 0.694. The first-order valence-corrected chi connectivity index (χ1v) is 8.02. The summed E-state index contributed by atoms with van der Waals surface area (Å²) in [6, 6.07) is 5.57. The molecule has 0 aromatic heterocycles. The molecule has 1 unspecified atom stereocenters. The summed E-state index contributed by atoms with van der Waals surface area (Å²) in [5.74, 6) is -0.206. The summed E-state index contributed by atoms with van der Waals surface area (Å²) < 4.78 is 14.4. The number of aliphatic hydroxyl groups excluding tert-OH is 1. The normalized spacial score (nSPS) is 12.4. The van der Waals surface area contributed by atoms with Crippen molar-refractivity contribution in [3.8, 4) is 0 Å². The minimum Gasteiger partial charge on any atom is -0.395 e. The predicted octanol–water partition coefficient (Wildman–Crippen LogP) is 3.49. The Morgan fingerprint density at radius 2 is 2.00 bits per heavy atom. The molecule has 1 atom stereocenters. The third-order valence-corrected chi connectivity index (χ3v) is 3.66. The van der Waals surface area contributed by atoms with Crippen LogP contribution in [0.15, 0.2) is 18.2 Å². The van der Waals surface area contributed by atoms with Crippen molar-refractivity contribution in [2.45, 2.75) is 46.1 Å². The van der Waals surface area contributed by atoms with Gasteiger partial charge in [-0.3, -0.25) is 0 Å². The Morgan fingerprint density at radius 3 is 2.57 bits per heavy atom. The number of hydrogen-bond acceptors (Lipinski definition) is 3. The fourth-order valence-electron chi connectivity index (χ4n) is 2.35. The summed E-state index contributed by atoms with van der Waals surface area (Å²) in [6.45, 7) is 8.49. The van der Waals surface area contributed by atoms with Crippen molar-refractivity contribution in [2.24, 2.45) is 0 Å². The lowest BCUT2D eigenvalue weighted by Gasteiger charge is -2.25. The Labute approximate surface area is 128 Å². The SMILES string of the molecule is CCCCN(CCO)c1ccc(C(C)NCCC)cc1F. The number of unbranched alkanes of at least 4 members (excludes halogenated alkanes) is 1. The molecule has 0 amide bonds. The number of benzene rings is 1. The summed E-state index contributed by atoms with van der Waals surface area (Å²) in [6.07, 6.45) is 3.11. The Hall–Kier alpha value is -1.13. The maximum atomic E-state index is 14.4. The monoisotopic (exact) mass is 296 g/mol. The highest BCUT2D eigenvalue weighted by molar-refractivity contribution is 5.49. The summed E-state index contributed by atoms with van der Waals surface area (Å²) in [5.41, 5.74) is 1.55. The molecule has 0 saturated carbocycles. The number of nitrogens with zero attached hydrogens (tertiary/aromatic N) is 1. The van der Waals surface area contributed by atoms with E-state index in [-0.39, 0.29) is 18.5 Å². The highest BCUT2D eigenvalue weighted by atomic mass is 19.1. The third kappa shape index (κ3) is 5.64. The number of halogens is 1. The van der Waals surface area contributed by atoms with Gasteiger partial charge in [-0.1, -0.05) is 26.3 Å². The fourth-order valence-corrected chi connectivity index (χ4v) is 2.35. The van der Waals surface area contributed by atoms with Crippen LogP contribution in [0.1, 0.15) is 51.6 Å². The van der Waals surface area contributed by atoms with Gasteiger partial charge in [0, 0.05) is 19.1 Å². The fraction of sp³-hybridized carbons (Fsp3) is 0.647. The first-order chi connectivity index (χ1) is 10.1. The van der Waals surface area contributed by atoms with Gasteiger partial charge in [0.25, 0.3) is 0 Å². The average molecular weight is 296 g/mol. The predicted molar refractivity (Wildman–Crippen MR) is 87.3 cm³/mol. The second kappa shape index (κ2) is 9.74. The largest absolute Gasteiger partial charge is 0.395 e. The van der Waals surface area contributed by atoms with Crippen molar-refractivity contribution in [1.82, 2.24) is 5.32 Å². The van der Waals surface area contributed by atoms with Crippen molar-refractivity contribution in [3.05, 3.63) is 29.6 Å². The molecule has 0 aliphatic rings. The highest BCUT2D eigenvalue weighted by Crippen LogP contribution is 2.24. The molecule has 0 fully saturated rings. The van der Waals surface area contributed by atoms with Gasteiger partial charge in [-0.05, 0) is 44.0 Å². The molecule has 0 saturated heterocycles. The molecule has 0 bridgehead atoms. The van der Waals surface area contributed by atoms with Gasteiger partial charge in [-0.25, -0.2) is 4.39 Å². The van der Waals surface area contributed by atoms with E-state index < -0.39 is 0 Å². The van der Waals surface area contributed by atoms with Crippen molar-refractivity contribution in [1.29, 1.82) is 0 Å². The van der Waals surface area contributed by atoms with E-state index in [1.54, 1.807) is 6.07 Å². The van der Waals surface area contributed by atoms with Crippen LogP contribution < -0.4 is 10.2 Å². The van der Waals surface area contributed by atoms with Crippen LogP contribution in [0, 0.1) is 5.82 Å². The van der Waals surface area contributed by atoms with Gasteiger partial charge >= 0.3 is 0 Å². The Morgan fingerprint density at radius 1 is 1.24 bits per heavy atom. The second-order valence-electron chi connectivity index (χ2n) is 5.45. The van der Waals surface area contributed by atoms with E-state index in [4.69, 9.17) is 5.11 Å². The second-order valence-corrected chi connectivity index (χ2v) is 5.45. The molecular formula is C17H29FN2O. The Kier molecular flexibility index (Phi) is 8.31. The maximum Gasteiger partial charge on any atom is 0.146 e. The van der Waals surface area contributed by atoms with Gasteiger partial charge < -0.3 is 15.3 Å². The van der Waals surface area contributed by atoms with Gasteiger partial charge in [-0.15, -0.1) is 0 Å². The molecule has 3 nitrogen and oxygen atoms in total. The van der Waals surface area contributed by atoms with Gasteiger partial charge in [0.1, 0.15) is 5.82 Å². The number of anilines is 1. The zero-order valence-electron chi connectivity index (χ0n) is 13.5. The molecule has 0 spiro atoms. The van der Waals surface area contributed by atoms with E-state index in [0.717, 1.165) is 37.9 Å². The standard InChI is InChI=1S/C17H29FN2O/c1-4-6-10-20(11-12-21)17-8-7-15(13-16(17)18)14(3)19-9-5-2/h7-8,13-14,19,21H,4-6,9-12H2,1-3H3. The molecular weight excluding hydrogens is 267 g/mol. The van der Waals surface area contributed by atoms with Crippen molar-refractivity contribution >= 4 is 5.69 Å². The molecule has 0 aliphatic carbocycles. The molecule has 0 heterocycles. The topological polar surface area (TPSA) is 35.5 Å². The van der Waals surface area contributed by atoms with E-state index >= 15 is 0 Å². The maximum absolute atomic E-state index is 14.4. The van der Waals surface area contributed by atoms with E-state index in [2.05, 4.69) is 19.2 Å². The van der Waals surface area contributed by atoms with E-state index in [1.165, 1.54) is 0 Å². The lowest BCUT2D eigenvalue weighted by molar-refractivity contribution is 0.301. The molecule has 1 aromatic rings. The number of aliphatic hydroxyl groups is 1. The highest BCUT2D eigenvalue weighted by Gasteiger charge is 2.13. The van der Waals surface area contributed by atoms with Gasteiger partial charge in [0.05, 0.1) is 12.3 Å². The first-order valence-electron chi connectivity index (χ1n) is 8.02. The van der Waals surface area contributed by atoms with Crippen LogP contribution in [0.5, 0.6) is 0 Å². The van der Waals surface area contributed by atoms with E-state index in [9.17, 15) is 4.39 Å². The molecule has 2 N–H and O–H groups in total. The van der Waals surface area contributed by atoms with Gasteiger partial charge in [0.15, 0.2) is 0 Å². The molecule has 1 rings (SSSR count). The van der Waals surface area contributed by atoms with Crippen molar-refractivity contribution in [3.63, 3.8) is 0 Å². The van der Waals surface area contributed by atoms with Crippen molar-refractivity contribution < 1.29 is 9.50 Å². The van der Waals surface area contributed by atoms with Crippen LogP contribution in [-0.2, 0) is 0 Å². The molecule has 0 aliphatic heterocycles. The van der Waals surface area contributed by atoms with Gasteiger partial charge in [0.2, 0.25) is 0 Å². The summed E-state index contributed by atoms with van der Waals surface area (Å²) in [4.78, 5) is 1.92. The Bertz CT molecular complexity index is 412. The molecule has 120 valence electrons. The van der Waals surface area contributed by atoms with Crippen LogP contribution >= 0.6 is 0 Å². The lowest BCUT2D eigenvalue weighted by Crippen LogP contribution is -2.28. The van der Waals surface area contributed by atoms with Crippen molar-refractivity contribution in [2.75, 3.05) is 31.1 Å². The van der Waals surface area contributed by atoms with Gasteiger partial charge in [-0.2, -0.15) is 0 Å². The number of nitrogens with one attached hydrogen (secondary N) is 1. The smallest absolute Gasteiger partial charge is 0.146 e. The van der Waals surface area contributed by atoms with E-state index in [1.807, 2.05) is 24.0 Å². The Balaban J connectivity index is 2.83. The van der Waals surface area contributed by atoms with Crippen LogP contribution in [0.2, 0.25) is 0 Å². The summed E-state index contributed by atoms with van der Waals surface area (Å²) in [7, 11) is 0. The van der Waals surface area contributed by atoms with Crippen LogP contribution in [0.25, 0.3) is 0 Å².